The van der Waals surface area contributed by atoms with Crippen LogP contribution in [-0.2, 0) is 6.54 Å². The Morgan fingerprint density at radius 2 is 2.37 bits per heavy atom. The van der Waals surface area contributed by atoms with Gasteiger partial charge < -0.3 is 5.73 Å². The molecule has 0 saturated heterocycles. The molecule has 5 nitrogen and oxygen atoms in total. The summed E-state index contributed by atoms with van der Waals surface area (Å²) in [7, 11) is 0. The zero-order chi connectivity index (χ0) is 13.8. The van der Waals surface area contributed by atoms with Gasteiger partial charge >= 0.3 is 0 Å². The SMILES string of the molecule is CC(C)CN(CCC(=N)N)Cc1cn2ccsc2n1. The maximum atomic E-state index is 7.35. The Balaban J connectivity index is 2.01. The highest BCUT2D eigenvalue weighted by atomic mass is 32.1. The van der Waals surface area contributed by atoms with Crippen molar-refractivity contribution in [3.63, 3.8) is 0 Å². The quantitative estimate of drug-likeness (QED) is 0.603. The molecule has 0 atom stereocenters. The van der Waals surface area contributed by atoms with Gasteiger partial charge in [0.1, 0.15) is 0 Å². The molecule has 0 aliphatic rings. The largest absolute Gasteiger partial charge is 0.388 e. The van der Waals surface area contributed by atoms with E-state index in [0.717, 1.165) is 30.3 Å². The Hall–Kier alpha value is -1.40. The topological polar surface area (TPSA) is 70.4 Å². The molecular weight excluding hydrogens is 258 g/mol. The van der Waals surface area contributed by atoms with Gasteiger partial charge in [-0.1, -0.05) is 13.8 Å². The molecular formula is C13H21N5S. The van der Waals surface area contributed by atoms with E-state index in [2.05, 4.69) is 34.3 Å². The number of thiazole rings is 1. The smallest absolute Gasteiger partial charge is 0.193 e. The number of fused-ring (bicyclic) bond motifs is 1. The van der Waals surface area contributed by atoms with Gasteiger partial charge in [0.05, 0.1) is 11.5 Å². The Kier molecular flexibility index (Phi) is 4.55. The van der Waals surface area contributed by atoms with Crippen molar-refractivity contribution in [2.45, 2.75) is 26.8 Å². The van der Waals surface area contributed by atoms with Crippen molar-refractivity contribution < 1.29 is 0 Å². The second-order valence-electron chi connectivity index (χ2n) is 5.23. The van der Waals surface area contributed by atoms with Crippen molar-refractivity contribution in [3.05, 3.63) is 23.5 Å². The van der Waals surface area contributed by atoms with Crippen molar-refractivity contribution >= 4 is 22.1 Å². The predicted octanol–water partition coefficient (Wildman–Crippen LogP) is 2.18. The number of nitrogens with two attached hydrogens (primary N) is 1. The van der Waals surface area contributed by atoms with Crippen LogP contribution in [0.3, 0.4) is 0 Å². The normalized spacial score (nSPS) is 11.8. The highest BCUT2D eigenvalue weighted by Gasteiger charge is 2.11. The van der Waals surface area contributed by atoms with E-state index >= 15 is 0 Å². The zero-order valence-electron chi connectivity index (χ0n) is 11.5. The fourth-order valence-corrected chi connectivity index (χ4v) is 2.83. The van der Waals surface area contributed by atoms with Gasteiger partial charge in [0.15, 0.2) is 4.96 Å². The van der Waals surface area contributed by atoms with Crippen LogP contribution in [0.4, 0.5) is 0 Å². The van der Waals surface area contributed by atoms with Crippen molar-refractivity contribution in [2.75, 3.05) is 13.1 Å². The molecule has 104 valence electrons. The first-order valence-corrected chi connectivity index (χ1v) is 7.39. The minimum absolute atomic E-state index is 0.250. The first-order valence-electron chi connectivity index (χ1n) is 6.51. The fraction of sp³-hybridized carbons (Fsp3) is 0.538. The molecule has 2 aromatic rings. The van der Waals surface area contributed by atoms with Gasteiger partial charge in [0, 0.05) is 43.8 Å². The number of nitrogens with zero attached hydrogens (tertiary/aromatic N) is 3. The summed E-state index contributed by atoms with van der Waals surface area (Å²) < 4.78 is 2.05. The van der Waals surface area contributed by atoms with Gasteiger partial charge in [-0.3, -0.25) is 14.7 Å². The first-order chi connectivity index (χ1) is 9.04. The van der Waals surface area contributed by atoms with Crippen LogP contribution in [0.5, 0.6) is 0 Å². The predicted molar refractivity (Wildman–Crippen MR) is 79.7 cm³/mol. The van der Waals surface area contributed by atoms with E-state index in [1.807, 2.05) is 11.6 Å². The lowest BCUT2D eigenvalue weighted by molar-refractivity contribution is 0.240. The summed E-state index contributed by atoms with van der Waals surface area (Å²) in [6, 6.07) is 0. The lowest BCUT2D eigenvalue weighted by atomic mass is 10.2. The molecule has 0 radical (unpaired) electrons. The van der Waals surface area contributed by atoms with Crippen molar-refractivity contribution in [1.29, 1.82) is 5.41 Å². The molecule has 0 bridgehead atoms. The molecule has 3 N–H and O–H groups in total. The standard InChI is InChI=1S/C13H21N5S/c1-10(2)7-17(4-3-12(14)15)8-11-9-18-5-6-19-13(18)16-11/h5-6,9-10H,3-4,7-8H2,1-2H3,(H3,14,15). The van der Waals surface area contributed by atoms with E-state index in [1.165, 1.54) is 0 Å². The molecule has 6 heteroatoms. The molecule has 19 heavy (non-hydrogen) atoms. The van der Waals surface area contributed by atoms with Crippen LogP contribution in [0.1, 0.15) is 26.0 Å². The number of aromatic nitrogens is 2. The van der Waals surface area contributed by atoms with E-state index in [9.17, 15) is 0 Å². The summed E-state index contributed by atoms with van der Waals surface area (Å²) in [4.78, 5) is 7.95. The Morgan fingerprint density at radius 1 is 1.58 bits per heavy atom. The van der Waals surface area contributed by atoms with Gasteiger partial charge in [0.25, 0.3) is 0 Å². The average molecular weight is 279 g/mol. The Morgan fingerprint density at radius 3 is 3.00 bits per heavy atom. The summed E-state index contributed by atoms with van der Waals surface area (Å²) in [6.45, 7) is 7.04. The van der Waals surface area contributed by atoms with Crippen LogP contribution in [-0.4, -0.2) is 33.2 Å². The minimum atomic E-state index is 0.250. The minimum Gasteiger partial charge on any atom is -0.388 e. The van der Waals surface area contributed by atoms with Crippen LogP contribution >= 0.6 is 11.3 Å². The van der Waals surface area contributed by atoms with E-state index in [-0.39, 0.29) is 5.84 Å². The van der Waals surface area contributed by atoms with Gasteiger partial charge in [-0.2, -0.15) is 0 Å². The van der Waals surface area contributed by atoms with E-state index in [1.54, 1.807) is 11.3 Å². The molecule has 0 aromatic carbocycles. The second kappa shape index (κ2) is 6.16. The van der Waals surface area contributed by atoms with Crippen LogP contribution in [0, 0.1) is 11.3 Å². The van der Waals surface area contributed by atoms with Gasteiger partial charge in [-0.05, 0) is 5.92 Å². The lowest BCUT2D eigenvalue weighted by Gasteiger charge is -2.23. The summed E-state index contributed by atoms with van der Waals surface area (Å²) in [6.07, 6.45) is 4.72. The molecule has 0 unspecified atom stereocenters. The first kappa shape index (κ1) is 14.0. The Bertz CT molecular complexity index is 513. The fourth-order valence-electron chi connectivity index (χ4n) is 2.11. The lowest BCUT2D eigenvalue weighted by Crippen LogP contribution is -2.31. The number of hydrogen-bond donors (Lipinski definition) is 2. The van der Waals surface area contributed by atoms with Crippen LogP contribution in [0.15, 0.2) is 17.8 Å². The van der Waals surface area contributed by atoms with E-state index < -0.39 is 0 Å². The molecule has 2 rings (SSSR count). The van der Waals surface area contributed by atoms with Crippen LogP contribution in [0.25, 0.3) is 4.96 Å². The zero-order valence-corrected chi connectivity index (χ0v) is 12.3. The molecule has 2 heterocycles. The maximum absolute atomic E-state index is 7.35. The van der Waals surface area contributed by atoms with Crippen molar-refractivity contribution in [1.82, 2.24) is 14.3 Å². The second-order valence-corrected chi connectivity index (χ2v) is 6.10. The molecule has 0 amide bonds. The number of amidine groups is 1. The molecule has 0 aliphatic heterocycles. The molecule has 0 aliphatic carbocycles. The number of nitrogens with one attached hydrogen (secondary N) is 1. The monoisotopic (exact) mass is 279 g/mol. The van der Waals surface area contributed by atoms with E-state index in [0.29, 0.717) is 12.3 Å². The van der Waals surface area contributed by atoms with Crippen molar-refractivity contribution in [2.24, 2.45) is 11.7 Å². The third-order valence-electron chi connectivity index (χ3n) is 2.85. The third-order valence-corrected chi connectivity index (χ3v) is 3.62. The molecule has 0 fully saturated rings. The number of rotatable bonds is 7. The molecule has 0 spiro atoms. The van der Waals surface area contributed by atoms with E-state index in [4.69, 9.17) is 11.1 Å². The third kappa shape index (κ3) is 4.04. The summed E-state index contributed by atoms with van der Waals surface area (Å²) in [5.74, 6) is 0.843. The molecule has 0 saturated carbocycles. The molecule has 2 aromatic heterocycles. The summed E-state index contributed by atoms with van der Waals surface area (Å²) >= 11 is 1.65. The van der Waals surface area contributed by atoms with Gasteiger partial charge in [0.2, 0.25) is 0 Å². The van der Waals surface area contributed by atoms with Crippen molar-refractivity contribution in [3.8, 4) is 0 Å². The summed E-state index contributed by atoms with van der Waals surface area (Å²) in [5.41, 5.74) is 6.53. The van der Waals surface area contributed by atoms with Crippen LogP contribution < -0.4 is 5.73 Å². The number of imidazole rings is 1. The summed E-state index contributed by atoms with van der Waals surface area (Å²) in [5, 5.41) is 9.38. The van der Waals surface area contributed by atoms with Gasteiger partial charge in [-0.15, -0.1) is 11.3 Å². The van der Waals surface area contributed by atoms with Gasteiger partial charge in [-0.25, -0.2) is 4.98 Å². The highest BCUT2D eigenvalue weighted by Crippen LogP contribution is 2.13. The highest BCUT2D eigenvalue weighted by molar-refractivity contribution is 7.15. The maximum Gasteiger partial charge on any atom is 0.193 e. The Labute approximate surface area is 117 Å². The average Bonchev–Trinajstić information content (AvgIpc) is 2.85. The van der Waals surface area contributed by atoms with Crippen LogP contribution in [0.2, 0.25) is 0 Å². The number of hydrogen-bond acceptors (Lipinski definition) is 4.